The van der Waals surface area contributed by atoms with E-state index in [1.54, 1.807) is 19.1 Å². The van der Waals surface area contributed by atoms with Crippen LogP contribution in [0, 0.1) is 6.92 Å². The van der Waals surface area contributed by atoms with Crippen LogP contribution >= 0.6 is 0 Å². The molecular weight excluding hydrogens is 328 g/mol. The van der Waals surface area contributed by atoms with Crippen LogP contribution in [0.15, 0.2) is 51.7 Å². The zero-order chi connectivity index (χ0) is 18.3. The standard InChI is InChI=1S/C22H20O4/c1-13-11-18(25-14(2)21(23)15-7-4-3-5-8-15)20-16-9-6-10-17(16)22(24)26-19(20)12-13/h3-5,7-8,11-12,14H,6,9-10H2,1-2H3/t14-/m1/s1. The predicted octanol–water partition coefficient (Wildman–Crippen LogP) is 4.24. The van der Waals surface area contributed by atoms with E-state index < -0.39 is 6.10 Å². The van der Waals surface area contributed by atoms with Crippen molar-refractivity contribution in [2.24, 2.45) is 0 Å². The highest BCUT2D eigenvalue weighted by molar-refractivity contribution is 5.99. The van der Waals surface area contributed by atoms with Crippen LogP contribution in [0.25, 0.3) is 11.0 Å². The Kier molecular flexibility index (Phi) is 4.11. The molecule has 1 aliphatic rings. The molecule has 0 spiro atoms. The van der Waals surface area contributed by atoms with Gasteiger partial charge < -0.3 is 9.15 Å². The summed E-state index contributed by atoms with van der Waals surface area (Å²) in [6.45, 7) is 3.67. The van der Waals surface area contributed by atoms with Gasteiger partial charge in [0.25, 0.3) is 0 Å². The summed E-state index contributed by atoms with van der Waals surface area (Å²) >= 11 is 0. The van der Waals surface area contributed by atoms with Crippen molar-refractivity contribution in [2.45, 2.75) is 39.2 Å². The highest BCUT2D eigenvalue weighted by Crippen LogP contribution is 2.35. The average Bonchev–Trinajstić information content (AvgIpc) is 3.11. The van der Waals surface area contributed by atoms with Crippen molar-refractivity contribution in [2.75, 3.05) is 0 Å². The molecule has 3 aromatic rings. The molecule has 0 saturated carbocycles. The van der Waals surface area contributed by atoms with Gasteiger partial charge in [0.05, 0.1) is 5.39 Å². The Morgan fingerprint density at radius 2 is 1.85 bits per heavy atom. The maximum Gasteiger partial charge on any atom is 0.339 e. The molecule has 0 unspecified atom stereocenters. The van der Waals surface area contributed by atoms with Crippen LogP contribution in [0.4, 0.5) is 0 Å². The van der Waals surface area contributed by atoms with Crippen molar-refractivity contribution in [3.63, 3.8) is 0 Å². The lowest BCUT2D eigenvalue weighted by Crippen LogP contribution is -2.24. The fraction of sp³-hybridized carbons (Fsp3) is 0.273. The van der Waals surface area contributed by atoms with Crippen molar-refractivity contribution >= 4 is 16.8 Å². The summed E-state index contributed by atoms with van der Waals surface area (Å²) in [4.78, 5) is 24.9. The molecule has 0 amide bonds. The van der Waals surface area contributed by atoms with Gasteiger partial charge in [-0.05, 0) is 56.4 Å². The van der Waals surface area contributed by atoms with Crippen LogP contribution in [-0.2, 0) is 12.8 Å². The summed E-state index contributed by atoms with van der Waals surface area (Å²) in [5.74, 6) is 0.535. The van der Waals surface area contributed by atoms with Gasteiger partial charge >= 0.3 is 5.63 Å². The molecule has 0 bridgehead atoms. The van der Waals surface area contributed by atoms with Crippen LogP contribution in [0.5, 0.6) is 5.75 Å². The summed E-state index contributed by atoms with van der Waals surface area (Å²) in [5.41, 5.74) is 3.57. The molecule has 4 rings (SSSR count). The molecule has 0 radical (unpaired) electrons. The molecule has 2 aromatic carbocycles. The third-order valence-corrected chi connectivity index (χ3v) is 4.91. The van der Waals surface area contributed by atoms with Gasteiger partial charge in [0, 0.05) is 11.1 Å². The van der Waals surface area contributed by atoms with Gasteiger partial charge in [-0.2, -0.15) is 0 Å². The molecular formula is C22H20O4. The van der Waals surface area contributed by atoms with E-state index in [0.717, 1.165) is 41.3 Å². The van der Waals surface area contributed by atoms with Gasteiger partial charge in [-0.25, -0.2) is 4.79 Å². The molecule has 132 valence electrons. The predicted molar refractivity (Wildman–Crippen MR) is 100 cm³/mol. The SMILES string of the molecule is Cc1cc(O[C@H](C)C(=O)c2ccccc2)c2c3c(c(=O)oc2c1)CCC3. The van der Waals surface area contributed by atoms with Gasteiger partial charge in [0.15, 0.2) is 6.10 Å². The molecule has 1 atom stereocenters. The van der Waals surface area contributed by atoms with E-state index in [-0.39, 0.29) is 11.4 Å². The van der Waals surface area contributed by atoms with E-state index in [2.05, 4.69) is 0 Å². The number of benzene rings is 2. The van der Waals surface area contributed by atoms with Crippen LogP contribution in [0.1, 0.15) is 40.4 Å². The molecule has 0 aliphatic heterocycles. The maximum absolute atomic E-state index is 12.7. The third kappa shape index (κ3) is 2.81. The van der Waals surface area contributed by atoms with E-state index in [0.29, 0.717) is 16.9 Å². The normalized spacial score (nSPS) is 14.2. The monoisotopic (exact) mass is 348 g/mol. The number of carbonyl (C=O) groups excluding carboxylic acids is 1. The minimum absolute atomic E-state index is 0.0747. The van der Waals surface area contributed by atoms with Gasteiger partial charge in [-0.15, -0.1) is 0 Å². The Balaban J connectivity index is 1.78. The van der Waals surface area contributed by atoms with Gasteiger partial charge in [0.1, 0.15) is 11.3 Å². The summed E-state index contributed by atoms with van der Waals surface area (Å²) in [7, 11) is 0. The Bertz CT molecular complexity index is 1050. The lowest BCUT2D eigenvalue weighted by Gasteiger charge is -2.17. The lowest BCUT2D eigenvalue weighted by atomic mass is 10.0. The molecule has 0 saturated heterocycles. The third-order valence-electron chi connectivity index (χ3n) is 4.91. The maximum atomic E-state index is 12.7. The van der Waals surface area contributed by atoms with Crippen molar-refractivity contribution < 1.29 is 13.9 Å². The van der Waals surface area contributed by atoms with Crippen LogP contribution in [0.2, 0.25) is 0 Å². The molecule has 0 N–H and O–H groups in total. The minimum Gasteiger partial charge on any atom is -0.482 e. The molecule has 4 heteroatoms. The van der Waals surface area contributed by atoms with Gasteiger partial charge in [-0.3, -0.25) is 4.79 Å². The second-order valence-electron chi connectivity index (χ2n) is 6.83. The minimum atomic E-state index is -0.633. The first-order chi connectivity index (χ1) is 12.5. The van der Waals surface area contributed by atoms with Gasteiger partial charge in [-0.1, -0.05) is 30.3 Å². The number of hydrogen-bond acceptors (Lipinski definition) is 4. The second kappa shape index (κ2) is 6.45. The first kappa shape index (κ1) is 16.6. The Hall–Kier alpha value is -2.88. The van der Waals surface area contributed by atoms with E-state index in [1.165, 1.54) is 0 Å². The Morgan fingerprint density at radius 1 is 1.12 bits per heavy atom. The summed E-state index contributed by atoms with van der Waals surface area (Å²) < 4.78 is 11.6. The number of fused-ring (bicyclic) bond motifs is 3. The van der Waals surface area contributed by atoms with Crippen molar-refractivity contribution in [3.8, 4) is 5.75 Å². The smallest absolute Gasteiger partial charge is 0.339 e. The first-order valence-corrected chi connectivity index (χ1v) is 8.89. The molecule has 1 aromatic heterocycles. The molecule has 1 heterocycles. The highest BCUT2D eigenvalue weighted by atomic mass is 16.5. The quantitative estimate of drug-likeness (QED) is 0.523. The zero-order valence-electron chi connectivity index (χ0n) is 14.9. The Morgan fingerprint density at radius 3 is 2.62 bits per heavy atom. The fourth-order valence-corrected chi connectivity index (χ4v) is 3.68. The van der Waals surface area contributed by atoms with E-state index >= 15 is 0 Å². The van der Waals surface area contributed by atoms with Crippen molar-refractivity contribution in [3.05, 3.63) is 75.1 Å². The van der Waals surface area contributed by atoms with Crippen LogP contribution < -0.4 is 10.4 Å². The number of aryl methyl sites for hydroxylation is 2. The van der Waals surface area contributed by atoms with Crippen molar-refractivity contribution in [1.29, 1.82) is 0 Å². The van der Waals surface area contributed by atoms with Gasteiger partial charge in [0.2, 0.25) is 5.78 Å². The molecule has 1 aliphatic carbocycles. The fourth-order valence-electron chi connectivity index (χ4n) is 3.68. The van der Waals surface area contributed by atoms with E-state index in [4.69, 9.17) is 9.15 Å². The number of Topliss-reactive ketones (excluding diaryl/α,β-unsaturated/α-hetero) is 1. The molecule has 0 fully saturated rings. The average molecular weight is 348 g/mol. The Labute approximate surface area is 151 Å². The largest absolute Gasteiger partial charge is 0.482 e. The topological polar surface area (TPSA) is 56.5 Å². The van der Waals surface area contributed by atoms with Crippen LogP contribution in [-0.4, -0.2) is 11.9 Å². The summed E-state index contributed by atoms with van der Waals surface area (Å²) in [6, 6.07) is 12.9. The molecule has 4 nitrogen and oxygen atoms in total. The van der Waals surface area contributed by atoms with E-state index in [1.807, 2.05) is 37.3 Å². The summed E-state index contributed by atoms with van der Waals surface area (Å²) in [5, 5.41) is 0.829. The molecule has 26 heavy (non-hydrogen) atoms. The zero-order valence-corrected chi connectivity index (χ0v) is 14.9. The summed E-state index contributed by atoms with van der Waals surface area (Å²) in [6.07, 6.45) is 1.87. The number of rotatable bonds is 4. The number of carbonyl (C=O) groups is 1. The number of ether oxygens (including phenoxy) is 1. The van der Waals surface area contributed by atoms with E-state index in [9.17, 15) is 9.59 Å². The van der Waals surface area contributed by atoms with Crippen LogP contribution in [0.3, 0.4) is 0 Å². The number of hydrogen-bond donors (Lipinski definition) is 0. The lowest BCUT2D eigenvalue weighted by molar-refractivity contribution is 0.0820. The highest BCUT2D eigenvalue weighted by Gasteiger charge is 2.24. The first-order valence-electron chi connectivity index (χ1n) is 8.89. The second-order valence-corrected chi connectivity index (χ2v) is 6.83. The number of ketones is 1. The van der Waals surface area contributed by atoms with Crippen molar-refractivity contribution in [1.82, 2.24) is 0 Å².